The molecule has 2 aliphatic heterocycles. The largest absolute Gasteiger partial charge is 0.312 e. The van der Waals surface area contributed by atoms with Crippen LogP contribution < -0.4 is 11.5 Å². The van der Waals surface area contributed by atoms with E-state index in [1.165, 1.54) is 19.5 Å². The van der Waals surface area contributed by atoms with Crippen LogP contribution in [0, 0.1) is 0 Å². The Morgan fingerprint density at radius 2 is 1.73 bits per heavy atom. The van der Waals surface area contributed by atoms with Crippen LogP contribution in [0.2, 0.25) is 0 Å². The van der Waals surface area contributed by atoms with Crippen molar-refractivity contribution in [3.8, 4) is 0 Å². The Hall–Kier alpha value is -0.160. The SMILES string of the molecule is NC1(N)CCN(N2CCC2)C1. The van der Waals surface area contributed by atoms with Crippen LogP contribution in [-0.4, -0.2) is 41.9 Å². The number of hydrogen-bond donors (Lipinski definition) is 2. The fraction of sp³-hybridized carbons (Fsp3) is 1.00. The van der Waals surface area contributed by atoms with Crippen molar-refractivity contribution in [1.82, 2.24) is 10.0 Å². The van der Waals surface area contributed by atoms with E-state index >= 15 is 0 Å². The Labute approximate surface area is 67.1 Å². The summed E-state index contributed by atoms with van der Waals surface area (Å²) < 4.78 is 0. The van der Waals surface area contributed by atoms with Gasteiger partial charge >= 0.3 is 0 Å². The first-order chi connectivity index (χ1) is 5.17. The summed E-state index contributed by atoms with van der Waals surface area (Å²) in [5.74, 6) is 0. The predicted molar refractivity (Wildman–Crippen MR) is 43.5 cm³/mol. The van der Waals surface area contributed by atoms with Gasteiger partial charge in [-0.15, -0.1) is 0 Å². The van der Waals surface area contributed by atoms with Crippen molar-refractivity contribution in [2.45, 2.75) is 18.5 Å². The lowest BCUT2D eigenvalue weighted by Crippen LogP contribution is -2.55. The second kappa shape index (κ2) is 2.42. The molecule has 4 nitrogen and oxygen atoms in total. The maximum absolute atomic E-state index is 5.79. The summed E-state index contributed by atoms with van der Waals surface area (Å²) in [6, 6.07) is 0. The van der Waals surface area contributed by atoms with Crippen molar-refractivity contribution in [1.29, 1.82) is 0 Å². The molecule has 0 aromatic heterocycles. The van der Waals surface area contributed by atoms with Crippen LogP contribution in [0.5, 0.6) is 0 Å². The molecule has 0 atom stereocenters. The van der Waals surface area contributed by atoms with E-state index in [-0.39, 0.29) is 0 Å². The molecule has 0 bridgehead atoms. The van der Waals surface area contributed by atoms with Crippen LogP contribution in [0.25, 0.3) is 0 Å². The summed E-state index contributed by atoms with van der Waals surface area (Å²) >= 11 is 0. The standard InChI is InChI=1S/C7H16N4/c8-7(9)2-5-11(6-7)10-3-1-4-10/h1-6,8-9H2. The fourth-order valence-electron chi connectivity index (χ4n) is 1.66. The maximum Gasteiger partial charge on any atom is 0.0794 e. The zero-order valence-electron chi connectivity index (χ0n) is 6.79. The molecule has 0 radical (unpaired) electrons. The highest BCUT2D eigenvalue weighted by Gasteiger charge is 2.35. The highest BCUT2D eigenvalue weighted by molar-refractivity contribution is 4.89. The maximum atomic E-state index is 5.79. The van der Waals surface area contributed by atoms with Gasteiger partial charge in [-0.05, 0) is 12.8 Å². The Morgan fingerprint density at radius 1 is 1.00 bits per heavy atom. The normalized spacial score (nSPS) is 32.2. The second-order valence-electron chi connectivity index (χ2n) is 3.68. The number of nitrogens with two attached hydrogens (primary N) is 2. The molecule has 2 heterocycles. The van der Waals surface area contributed by atoms with Gasteiger partial charge in [-0.3, -0.25) is 0 Å². The molecule has 11 heavy (non-hydrogen) atoms. The third-order valence-corrected chi connectivity index (χ3v) is 2.54. The molecule has 64 valence electrons. The van der Waals surface area contributed by atoms with Gasteiger partial charge < -0.3 is 11.5 Å². The highest BCUT2D eigenvalue weighted by Crippen LogP contribution is 2.19. The number of rotatable bonds is 1. The van der Waals surface area contributed by atoms with Gasteiger partial charge in [0.2, 0.25) is 0 Å². The molecule has 0 aromatic rings. The zero-order chi connectivity index (χ0) is 7.90. The molecule has 0 amide bonds. The minimum atomic E-state index is -0.435. The Bertz CT molecular complexity index is 153. The molecule has 0 aliphatic carbocycles. The third-order valence-electron chi connectivity index (χ3n) is 2.54. The summed E-state index contributed by atoms with van der Waals surface area (Å²) in [6.45, 7) is 4.24. The van der Waals surface area contributed by atoms with Crippen molar-refractivity contribution in [2.24, 2.45) is 11.5 Å². The lowest BCUT2D eigenvalue weighted by Gasteiger charge is -2.39. The van der Waals surface area contributed by atoms with Crippen LogP contribution in [0.15, 0.2) is 0 Å². The van der Waals surface area contributed by atoms with Crippen molar-refractivity contribution in [2.75, 3.05) is 26.2 Å². The fourth-order valence-corrected chi connectivity index (χ4v) is 1.66. The summed E-state index contributed by atoms with van der Waals surface area (Å²) in [5, 5.41) is 4.62. The average Bonchev–Trinajstić information content (AvgIpc) is 2.05. The zero-order valence-corrected chi connectivity index (χ0v) is 6.79. The van der Waals surface area contributed by atoms with Gasteiger partial charge in [-0.1, -0.05) is 0 Å². The predicted octanol–water partition coefficient (Wildman–Crippen LogP) is -1.07. The molecule has 0 saturated carbocycles. The number of hydrogen-bond acceptors (Lipinski definition) is 4. The van der Waals surface area contributed by atoms with Gasteiger partial charge in [-0.25, -0.2) is 10.0 Å². The summed E-state index contributed by atoms with van der Waals surface area (Å²) in [5.41, 5.74) is 11.2. The van der Waals surface area contributed by atoms with E-state index < -0.39 is 5.66 Å². The van der Waals surface area contributed by atoms with E-state index in [0.717, 1.165) is 19.5 Å². The summed E-state index contributed by atoms with van der Waals surface area (Å²) in [6.07, 6.45) is 2.24. The molecule has 2 fully saturated rings. The molecule has 0 aromatic carbocycles. The van der Waals surface area contributed by atoms with E-state index in [2.05, 4.69) is 10.0 Å². The van der Waals surface area contributed by atoms with E-state index in [0.29, 0.717) is 0 Å². The first-order valence-electron chi connectivity index (χ1n) is 4.25. The monoisotopic (exact) mass is 156 g/mol. The molecular weight excluding hydrogens is 140 g/mol. The van der Waals surface area contributed by atoms with E-state index in [1.807, 2.05) is 0 Å². The van der Waals surface area contributed by atoms with Crippen molar-refractivity contribution >= 4 is 0 Å². The van der Waals surface area contributed by atoms with Crippen LogP contribution in [-0.2, 0) is 0 Å². The Morgan fingerprint density at radius 3 is 2.09 bits per heavy atom. The average molecular weight is 156 g/mol. The lowest BCUT2D eigenvalue weighted by atomic mass is 10.2. The van der Waals surface area contributed by atoms with Gasteiger partial charge in [-0.2, -0.15) is 0 Å². The molecule has 2 aliphatic rings. The van der Waals surface area contributed by atoms with E-state index in [1.54, 1.807) is 0 Å². The highest BCUT2D eigenvalue weighted by atomic mass is 15.7. The second-order valence-corrected chi connectivity index (χ2v) is 3.68. The van der Waals surface area contributed by atoms with Gasteiger partial charge in [0.1, 0.15) is 0 Å². The number of nitrogens with zero attached hydrogens (tertiary/aromatic N) is 2. The van der Waals surface area contributed by atoms with Gasteiger partial charge in [0.05, 0.1) is 5.66 Å². The molecule has 0 unspecified atom stereocenters. The summed E-state index contributed by atoms with van der Waals surface area (Å²) in [4.78, 5) is 0. The van der Waals surface area contributed by atoms with Gasteiger partial charge in [0.25, 0.3) is 0 Å². The van der Waals surface area contributed by atoms with Gasteiger partial charge in [0.15, 0.2) is 0 Å². The van der Waals surface area contributed by atoms with Crippen LogP contribution >= 0.6 is 0 Å². The van der Waals surface area contributed by atoms with Crippen LogP contribution in [0.1, 0.15) is 12.8 Å². The quantitative estimate of drug-likeness (QED) is 0.474. The van der Waals surface area contributed by atoms with Crippen LogP contribution in [0.4, 0.5) is 0 Å². The van der Waals surface area contributed by atoms with Crippen molar-refractivity contribution < 1.29 is 0 Å². The third kappa shape index (κ3) is 1.39. The van der Waals surface area contributed by atoms with Crippen LogP contribution in [0.3, 0.4) is 0 Å². The lowest BCUT2D eigenvalue weighted by molar-refractivity contribution is -0.0575. The number of hydrazine groups is 1. The molecular formula is C7H16N4. The Balaban J connectivity index is 1.88. The van der Waals surface area contributed by atoms with Gasteiger partial charge in [0, 0.05) is 26.2 Å². The molecule has 2 rings (SSSR count). The van der Waals surface area contributed by atoms with E-state index in [4.69, 9.17) is 11.5 Å². The first kappa shape index (κ1) is 7.49. The minimum absolute atomic E-state index is 0.435. The van der Waals surface area contributed by atoms with Crippen molar-refractivity contribution in [3.05, 3.63) is 0 Å². The first-order valence-corrected chi connectivity index (χ1v) is 4.25. The van der Waals surface area contributed by atoms with E-state index in [9.17, 15) is 0 Å². The topological polar surface area (TPSA) is 58.5 Å². The van der Waals surface area contributed by atoms with Crippen molar-refractivity contribution in [3.63, 3.8) is 0 Å². The molecule has 2 saturated heterocycles. The minimum Gasteiger partial charge on any atom is -0.312 e. The molecule has 0 spiro atoms. The molecule has 4 N–H and O–H groups in total. The summed E-state index contributed by atoms with van der Waals surface area (Å²) in [7, 11) is 0. The smallest absolute Gasteiger partial charge is 0.0794 e. The Kier molecular flexibility index (Phi) is 1.64. The molecule has 4 heteroatoms.